The molecule has 29 heavy (non-hydrogen) atoms. The molecule has 9 heteroatoms. The lowest BCUT2D eigenvalue weighted by Crippen LogP contribution is -2.11. The normalized spacial score (nSPS) is 12.1. The van der Waals surface area contributed by atoms with Gasteiger partial charge >= 0.3 is 5.97 Å². The molecule has 0 amide bonds. The summed E-state index contributed by atoms with van der Waals surface area (Å²) in [6.07, 6.45) is 1.43. The van der Waals surface area contributed by atoms with Crippen LogP contribution in [0.2, 0.25) is 0 Å². The maximum absolute atomic E-state index is 12.2. The first-order valence-electron chi connectivity index (χ1n) is 8.84. The molecule has 4 N–H and O–H groups in total. The zero-order valence-electron chi connectivity index (χ0n) is 15.9. The number of ether oxygens (including phenoxy) is 1. The van der Waals surface area contributed by atoms with Crippen LogP contribution in [-0.4, -0.2) is 37.3 Å². The van der Waals surface area contributed by atoms with Gasteiger partial charge in [0.1, 0.15) is 0 Å². The molecule has 0 bridgehead atoms. The maximum atomic E-state index is 12.2. The first kappa shape index (κ1) is 20.6. The van der Waals surface area contributed by atoms with Gasteiger partial charge in [0.25, 0.3) is 0 Å². The summed E-state index contributed by atoms with van der Waals surface area (Å²) >= 11 is 0. The van der Waals surface area contributed by atoms with E-state index in [1.54, 1.807) is 18.2 Å². The highest BCUT2D eigenvalue weighted by molar-refractivity contribution is 7.89. The maximum Gasteiger partial charge on any atom is 0.338 e. The lowest BCUT2D eigenvalue weighted by atomic mass is 10.1. The highest BCUT2D eigenvalue weighted by Gasteiger charge is 2.14. The Bertz CT molecular complexity index is 1180. The molecule has 0 atom stereocenters. The van der Waals surface area contributed by atoms with Gasteiger partial charge in [0.15, 0.2) is 5.88 Å². The van der Waals surface area contributed by atoms with Crippen LogP contribution >= 0.6 is 0 Å². The molecule has 0 saturated heterocycles. The van der Waals surface area contributed by atoms with Gasteiger partial charge < -0.3 is 14.8 Å². The van der Waals surface area contributed by atoms with Gasteiger partial charge in [-0.2, -0.15) is 0 Å². The van der Waals surface area contributed by atoms with Gasteiger partial charge in [0.2, 0.25) is 10.0 Å². The van der Waals surface area contributed by atoms with E-state index in [4.69, 9.17) is 9.88 Å². The second-order valence-electron chi connectivity index (χ2n) is 6.94. The number of esters is 1. The number of nitrogens with two attached hydrogens (primary N) is 1. The number of fused-ring (bicyclic) bond motifs is 1. The number of nitrogens with zero attached hydrogens (tertiary/aromatic N) is 1. The molecular formula is C20H21N3O5S. The number of aromatic nitrogens is 1. The van der Waals surface area contributed by atoms with Crippen molar-refractivity contribution in [2.45, 2.75) is 18.7 Å². The molecule has 0 spiro atoms. The number of hydrogen-bond donors (Lipinski definition) is 3. The van der Waals surface area contributed by atoms with Crippen molar-refractivity contribution in [2.75, 3.05) is 6.61 Å². The number of carbonyl (C=O) groups excluding carboxylic acids is 1. The number of primary sulfonamides is 1. The number of hydrogen-bond acceptors (Lipinski definition) is 6. The minimum absolute atomic E-state index is 0.0176. The van der Waals surface area contributed by atoms with Crippen LogP contribution in [0.1, 0.15) is 29.8 Å². The smallest absolute Gasteiger partial charge is 0.338 e. The van der Waals surface area contributed by atoms with Crippen LogP contribution in [0.4, 0.5) is 5.69 Å². The second-order valence-corrected chi connectivity index (χ2v) is 8.50. The van der Waals surface area contributed by atoms with Crippen LogP contribution in [0.5, 0.6) is 5.88 Å². The topological polar surface area (TPSA) is 135 Å². The Morgan fingerprint density at radius 3 is 2.55 bits per heavy atom. The number of H-pyrrole nitrogens is 1. The monoisotopic (exact) mass is 415 g/mol. The summed E-state index contributed by atoms with van der Waals surface area (Å²) in [6.45, 7) is 4.22. The summed E-state index contributed by atoms with van der Waals surface area (Å²) in [7, 11) is -3.78. The van der Waals surface area contributed by atoms with Crippen molar-refractivity contribution >= 4 is 38.8 Å². The van der Waals surface area contributed by atoms with Gasteiger partial charge in [-0.05, 0) is 48.4 Å². The lowest BCUT2D eigenvalue weighted by molar-refractivity contribution is 0.0459. The Labute approximate surface area is 168 Å². The minimum atomic E-state index is -3.78. The Hall–Kier alpha value is -3.17. The van der Waals surface area contributed by atoms with E-state index in [2.05, 4.69) is 9.98 Å². The first-order valence-corrected chi connectivity index (χ1v) is 10.4. The third-order valence-electron chi connectivity index (χ3n) is 4.11. The van der Waals surface area contributed by atoms with Crippen molar-refractivity contribution in [3.05, 3.63) is 53.6 Å². The van der Waals surface area contributed by atoms with Crippen molar-refractivity contribution in [3.63, 3.8) is 0 Å². The highest BCUT2D eigenvalue weighted by Crippen LogP contribution is 2.28. The predicted octanol–water partition coefficient (Wildman–Crippen LogP) is 3.08. The third-order valence-corrected chi connectivity index (χ3v) is 5.04. The SMILES string of the molecule is CC(C)COC(=O)c1ccc2[nH]c(O)c(/C=N/c3ccc(S(N)(=O)=O)cc3)c2c1. The van der Waals surface area contributed by atoms with Crippen LogP contribution in [0, 0.1) is 5.92 Å². The Morgan fingerprint density at radius 1 is 1.24 bits per heavy atom. The van der Waals surface area contributed by atoms with E-state index in [0.29, 0.717) is 34.3 Å². The van der Waals surface area contributed by atoms with Crippen molar-refractivity contribution in [3.8, 4) is 5.88 Å². The number of benzene rings is 2. The molecule has 0 aliphatic rings. The molecule has 152 valence electrons. The quantitative estimate of drug-likeness (QED) is 0.420. The van der Waals surface area contributed by atoms with Crippen molar-refractivity contribution < 1.29 is 23.1 Å². The van der Waals surface area contributed by atoms with E-state index >= 15 is 0 Å². The van der Waals surface area contributed by atoms with Crippen molar-refractivity contribution in [1.29, 1.82) is 0 Å². The molecular weight excluding hydrogens is 394 g/mol. The van der Waals surface area contributed by atoms with Gasteiger partial charge in [-0.3, -0.25) is 4.99 Å². The molecule has 0 saturated carbocycles. The molecule has 1 aromatic heterocycles. The number of sulfonamides is 1. The van der Waals surface area contributed by atoms with Crippen LogP contribution in [0.15, 0.2) is 52.4 Å². The summed E-state index contributed by atoms with van der Waals surface area (Å²) in [6, 6.07) is 10.6. The van der Waals surface area contributed by atoms with E-state index in [9.17, 15) is 18.3 Å². The highest BCUT2D eigenvalue weighted by atomic mass is 32.2. The summed E-state index contributed by atoms with van der Waals surface area (Å²) in [5, 5.41) is 15.9. The number of carbonyl (C=O) groups is 1. The zero-order chi connectivity index (χ0) is 21.2. The van der Waals surface area contributed by atoms with E-state index in [1.807, 2.05) is 13.8 Å². The predicted molar refractivity (Wildman–Crippen MR) is 110 cm³/mol. The Morgan fingerprint density at radius 2 is 1.93 bits per heavy atom. The number of aliphatic imine (C=N–C) groups is 1. The van der Waals surface area contributed by atoms with Crippen LogP contribution in [0.3, 0.4) is 0 Å². The summed E-state index contributed by atoms with van der Waals surface area (Å²) < 4.78 is 27.9. The molecule has 1 heterocycles. The fourth-order valence-electron chi connectivity index (χ4n) is 2.64. The van der Waals surface area contributed by atoms with Crippen molar-refractivity contribution in [2.24, 2.45) is 16.0 Å². The molecule has 0 unspecified atom stereocenters. The molecule has 3 rings (SSSR count). The minimum Gasteiger partial charge on any atom is -0.494 e. The summed E-state index contributed by atoms with van der Waals surface area (Å²) in [4.78, 5) is 19.3. The fourth-order valence-corrected chi connectivity index (χ4v) is 3.16. The number of nitrogens with one attached hydrogen (secondary N) is 1. The molecule has 0 aliphatic carbocycles. The molecule has 2 aromatic carbocycles. The summed E-state index contributed by atoms with van der Waals surface area (Å²) in [5.74, 6) is -0.317. The average molecular weight is 415 g/mol. The van der Waals surface area contributed by atoms with E-state index in [0.717, 1.165) is 0 Å². The zero-order valence-corrected chi connectivity index (χ0v) is 16.7. The van der Waals surface area contributed by atoms with Crippen LogP contribution in [0.25, 0.3) is 10.9 Å². The first-order chi connectivity index (χ1) is 13.6. The largest absolute Gasteiger partial charge is 0.494 e. The van der Waals surface area contributed by atoms with E-state index in [-0.39, 0.29) is 16.7 Å². The van der Waals surface area contributed by atoms with E-state index < -0.39 is 16.0 Å². The lowest BCUT2D eigenvalue weighted by Gasteiger charge is -2.07. The number of rotatable bonds is 6. The van der Waals surface area contributed by atoms with Gasteiger partial charge in [-0.15, -0.1) is 0 Å². The fraction of sp³-hybridized carbons (Fsp3) is 0.200. The molecule has 0 radical (unpaired) electrons. The number of aromatic amines is 1. The van der Waals surface area contributed by atoms with Crippen molar-refractivity contribution in [1.82, 2.24) is 4.98 Å². The van der Waals surface area contributed by atoms with Crippen LogP contribution in [-0.2, 0) is 14.8 Å². The van der Waals surface area contributed by atoms with Gasteiger partial charge in [0.05, 0.1) is 28.3 Å². The van der Waals surface area contributed by atoms with Crippen LogP contribution < -0.4 is 5.14 Å². The molecule has 3 aromatic rings. The summed E-state index contributed by atoms with van der Waals surface area (Å²) in [5.41, 5.74) is 1.87. The second kappa shape index (κ2) is 8.06. The third kappa shape index (κ3) is 4.82. The van der Waals surface area contributed by atoms with Gasteiger partial charge in [-0.25, -0.2) is 18.4 Å². The van der Waals surface area contributed by atoms with Gasteiger partial charge in [-0.1, -0.05) is 13.8 Å². The molecule has 0 fully saturated rings. The Kier molecular flexibility index (Phi) is 5.71. The standard InChI is InChI=1S/C20H21N3O5S/c1-12(2)11-28-20(25)13-3-8-18-16(9-13)17(19(24)23-18)10-22-14-4-6-15(7-5-14)29(21,26)27/h3-10,12,23-24H,11H2,1-2H3,(H2,21,26,27)/b22-10+. The average Bonchev–Trinajstić information content (AvgIpc) is 2.98. The Balaban J connectivity index is 1.90. The number of aromatic hydroxyl groups is 1. The van der Waals surface area contributed by atoms with Gasteiger partial charge in [0, 0.05) is 17.1 Å². The van der Waals surface area contributed by atoms with E-state index in [1.165, 1.54) is 30.5 Å². The molecule has 0 aliphatic heterocycles. The molecule has 8 nitrogen and oxygen atoms in total.